The van der Waals surface area contributed by atoms with Crippen molar-refractivity contribution in [2.24, 2.45) is 5.92 Å². The molecule has 6 heteroatoms. The highest BCUT2D eigenvalue weighted by Gasteiger charge is 2.15. The highest BCUT2D eigenvalue weighted by atomic mass is 32.1. The molecule has 0 bridgehead atoms. The van der Waals surface area contributed by atoms with Crippen LogP contribution in [0.15, 0.2) is 18.2 Å². The molecule has 0 fully saturated rings. The maximum atomic E-state index is 12.3. The van der Waals surface area contributed by atoms with Crippen LogP contribution < -0.4 is 10.6 Å². The van der Waals surface area contributed by atoms with E-state index in [1.807, 2.05) is 18.2 Å². The first-order valence-electron chi connectivity index (χ1n) is 7.12. The molecule has 2 aromatic rings. The number of anilines is 2. The van der Waals surface area contributed by atoms with Crippen LogP contribution in [-0.4, -0.2) is 22.6 Å². The van der Waals surface area contributed by atoms with Crippen molar-refractivity contribution in [1.82, 2.24) is 10.2 Å². The van der Waals surface area contributed by atoms with Crippen molar-refractivity contribution in [3.8, 4) is 0 Å². The van der Waals surface area contributed by atoms with E-state index in [-0.39, 0.29) is 5.91 Å². The molecule has 1 aliphatic heterocycles. The van der Waals surface area contributed by atoms with Crippen LogP contribution in [0.2, 0.25) is 0 Å². The van der Waals surface area contributed by atoms with E-state index in [0.717, 1.165) is 30.1 Å². The number of hydrogen-bond donors (Lipinski definition) is 2. The van der Waals surface area contributed by atoms with E-state index >= 15 is 0 Å². The molecule has 1 aromatic carbocycles. The molecule has 2 heterocycles. The molecule has 0 saturated heterocycles. The molecule has 1 aromatic heterocycles. The minimum Gasteiger partial charge on any atom is -0.384 e. The van der Waals surface area contributed by atoms with Crippen LogP contribution in [0.5, 0.6) is 0 Å². The fourth-order valence-electron chi connectivity index (χ4n) is 2.35. The van der Waals surface area contributed by atoms with Crippen LogP contribution in [0.3, 0.4) is 0 Å². The summed E-state index contributed by atoms with van der Waals surface area (Å²) in [5, 5.41) is 15.8. The Hall–Kier alpha value is -1.95. The van der Waals surface area contributed by atoms with Gasteiger partial charge in [0.1, 0.15) is 5.01 Å². The number of carbonyl (C=O) groups excluding carboxylic acids is 1. The monoisotopic (exact) mass is 302 g/mol. The molecule has 110 valence electrons. The standard InChI is InChI=1S/C15H18N4OS/c1-9(2)7-13-18-19-15(21-13)17-14(20)11-3-4-12-10(8-11)5-6-16-12/h3-4,8-9,16H,5-7H2,1-2H3,(H,17,19,20). The summed E-state index contributed by atoms with van der Waals surface area (Å²) in [5.41, 5.74) is 2.99. The summed E-state index contributed by atoms with van der Waals surface area (Å²) in [5.74, 6) is 0.405. The predicted octanol–water partition coefficient (Wildman–Crippen LogP) is 2.96. The van der Waals surface area contributed by atoms with E-state index in [2.05, 4.69) is 34.7 Å². The second-order valence-corrected chi connectivity index (χ2v) is 6.66. The number of nitrogens with one attached hydrogen (secondary N) is 2. The van der Waals surface area contributed by atoms with Gasteiger partial charge in [-0.25, -0.2) is 0 Å². The van der Waals surface area contributed by atoms with E-state index < -0.39 is 0 Å². The fraction of sp³-hybridized carbons (Fsp3) is 0.400. The van der Waals surface area contributed by atoms with Crippen LogP contribution in [0.25, 0.3) is 0 Å². The minimum atomic E-state index is -0.128. The molecule has 5 nitrogen and oxygen atoms in total. The second-order valence-electron chi connectivity index (χ2n) is 5.60. The van der Waals surface area contributed by atoms with Crippen molar-refractivity contribution in [3.05, 3.63) is 34.3 Å². The van der Waals surface area contributed by atoms with Crippen LogP contribution in [0.4, 0.5) is 10.8 Å². The fourth-order valence-corrected chi connectivity index (χ4v) is 3.30. The lowest BCUT2D eigenvalue weighted by atomic mass is 10.1. The van der Waals surface area contributed by atoms with Crippen molar-refractivity contribution >= 4 is 28.1 Å². The van der Waals surface area contributed by atoms with Crippen LogP contribution in [-0.2, 0) is 12.8 Å². The third-order valence-electron chi connectivity index (χ3n) is 3.35. The molecule has 21 heavy (non-hydrogen) atoms. The first-order chi connectivity index (χ1) is 10.1. The lowest BCUT2D eigenvalue weighted by Gasteiger charge is -2.04. The Morgan fingerprint density at radius 3 is 3.10 bits per heavy atom. The third-order valence-corrected chi connectivity index (χ3v) is 4.21. The van der Waals surface area contributed by atoms with Gasteiger partial charge in [0.05, 0.1) is 0 Å². The average Bonchev–Trinajstić information content (AvgIpc) is 3.06. The molecule has 0 spiro atoms. The lowest BCUT2D eigenvalue weighted by Crippen LogP contribution is -2.11. The zero-order valence-corrected chi connectivity index (χ0v) is 13.0. The van der Waals surface area contributed by atoms with Crippen LogP contribution >= 0.6 is 11.3 Å². The van der Waals surface area contributed by atoms with Gasteiger partial charge < -0.3 is 5.32 Å². The number of fused-ring (bicyclic) bond motifs is 1. The van der Waals surface area contributed by atoms with Gasteiger partial charge in [-0.1, -0.05) is 25.2 Å². The number of nitrogens with zero attached hydrogens (tertiary/aromatic N) is 2. The van der Waals surface area contributed by atoms with E-state index in [0.29, 0.717) is 16.6 Å². The predicted molar refractivity (Wildman–Crippen MR) is 85.0 cm³/mol. The Kier molecular flexibility index (Phi) is 3.88. The molecule has 1 aliphatic rings. The van der Waals surface area contributed by atoms with Crippen molar-refractivity contribution in [3.63, 3.8) is 0 Å². The second kappa shape index (κ2) is 5.81. The SMILES string of the molecule is CC(C)Cc1nnc(NC(=O)c2ccc3c(c2)CCN3)s1. The Morgan fingerprint density at radius 2 is 2.29 bits per heavy atom. The molecule has 0 unspecified atom stereocenters. The normalized spacial score (nSPS) is 13.1. The summed E-state index contributed by atoms with van der Waals surface area (Å²) in [6.07, 6.45) is 1.85. The van der Waals surface area contributed by atoms with Crippen molar-refractivity contribution < 1.29 is 4.79 Å². The van der Waals surface area contributed by atoms with E-state index in [9.17, 15) is 4.79 Å². The van der Waals surface area contributed by atoms with Gasteiger partial charge in [-0.3, -0.25) is 10.1 Å². The number of benzene rings is 1. The van der Waals surface area contributed by atoms with Crippen molar-refractivity contribution in [2.75, 3.05) is 17.2 Å². The van der Waals surface area contributed by atoms with Gasteiger partial charge in [-0.2, -0.15) is 0 Å². The molecule has 3 rings (SSSR count). The molecular weight excluding hydrogens is 284 g/mol. The van der Waals surface area contributed by atoms with Gasteiger partial charge in [-0.15, -0.1) is 10.2 Å². The number of amides is 1. The maximum absolute atomic E-state index is 12.3. The molecular formula is C15H18N4OS. The zero-order valence-electron chi connectivity index (χ0n) is 12.1. The summed E-state index contributed by atoms with van der Waals surface area (Å²) < 4.78 is 0. The zero-order chi connectivity index (χ0) is 14.8. The summed E-state index contributed by atoms with van der Waals surface area (Å²) in [6, 6.07) is 5.74. The smallest absolute Gasteiger partial charge is 0.257 e. The molecule has 0 aliphatic carbocycles. The minimum absolute atomic E-state index is 0.128. The Balaban J connectivity index is 1.70. The maximum Gasteiger partial charge on any atom is 0.257 e. The number of hydrogen-bond acceptors (Lipinski definition) is 5. The number of rotatable bonds is 4. The quantitative estimate of drug-likeness (QED) is 0.911. The Labute approximate surface area is 127 Å². The molecule has 2 N–H and O–H groups in total. The first-order valence-corrected chi connectivity index (χ1v) is 7.94. The topological polar surface area (TPSA) is 66.9 Å². The Morgan fingerprint density at radius 1 is 1.43 bits per heavy atom. The van der Waals surface area contributed by atoms with Crippen molar-refractivity contribution in [2.45, 2.75) is 26.7 Å². The molecule has 0 radical (unpaired) electrons. The highest BCUT2D eigenvalue weighted by molar-refractivity contribution is 7.15. The number of aromatic nitrogens is 2. The number of carbonyl (C=O) groups is 1. The average molecular weight is 302 g/mol. The van der Waals surface area contributed by atoms with E-state index in [1.54, 1.807) is 0 Å². The van der Waals surface area contributed by atoms with Gasteiger partial charge in [0.2, 0.25) is 5.13 Å². The van der Waals surface area contributed by atoms with Gasteiger partial charge in [-0.05, 0) is 36.1 Å². The van der Waals surface area contributed by atoms with Gasteiger partial charge in [0.25, 0.3) is 5.91 Å². The largest absolute Gasteiger partial charge is 0.384 e. The van der Waals surface area contributed by atoms with Gasteiger partial charge in [0.15, 0.2) is 0 Å². The summed E-state index contributed by atoms with van der Waals surface area (Å²) in [4.78, 5) is 12.3. The summed E-state index contributed by atoms with van der Waals surface area (Å²) >= 11 is 1.44. The van der Waals surface area contributed by atoms with E-state index in [1.165, 1.54) is 16.9 Å². The highest BCUT2D eigenvalue weighted by Crippen LogP contribution is 2.24. The van der Waals surface area contributed by atoms with Crippen molar-refractivity contribution in [1.29, 1.82) is 0 Å². The third kappa shape index (κ3) is 3.21. The van der Waals surface area contributed by atoms with Crippen LogP contribution in [0.1, 0.15) is 34.8 Å². The Bertz CT molecular complexity index is 665. The van der Waals surface area contributed by atoms with Crippen LogP contribution in [0, 0.1) is 5.92 Å². The molecule has 1 amide bonds. The summed E-state index contributed by atoms with van der Waals surface area (Å²) in [6.45, 7) is 5.21. The van der Waals surface area contributed by atoms with Gasteiger partial charge in [0, 0.05) is 24.2 Å². The van der Waals surface area contributed by atoms with E-state index in [4.69, 9.17) is 0 Å². The van der Waals surface area contributed by atoms with Gasteiger partial charge >= 0.3 is 0 Å². The molecule has 0 saturated carbocycles. The lowest BCUT2D eigenvalue weighted by molar-refractivity contribution is 0.102. The molecule has 0 atom stereocenters. The first kappa shape index (κ1) is 14.0. The summed E-state index contributed by atoms with van der Waals surface area (Å²) in [7, 11) is 0.